The Kier molecular flexibility index (Phi) is 4.22. The van der Waals surface area contributed by atoms with Gasteiger partial charge in [0.15, 0.2) is 5.78 Å². The first kappa shape index (κ1) is 14.3. The largest absolute Gasteiger partial charge is 0.292 e. The number of carbonyl (C=O) groups is 1. The summed E-state index contributed by atoms with van der Waals surface area (Å²) < 4.78 is 0. The molecule has 0 aliphatic heterocycles. The molecule has 0 saturated heterocycles. The van der Waals surface area contributed by atoms with E-state index in [1.807, 2.05) is 38.1 Å². The molecule has 2 rings (SSSR count). The van der Waals surface area contributed by atoms with E-state index in [1.165, 1.54) is 0 Å². The van der Waals surface area contributed by atoms with Crippen molar-refractivity contribution < 1.29 is 4.79 Å². The van der Waals surface area contributed by atoms with Crippen LogP contribution in [0.25, 0.3) is 0 Å². The highest BCUT2D eigenvalue weighted by molar-refractivity contribution is 6.30. The van der Waals surface area contributed by atoms with E-state index in [1.54, 1.807) is 18.2 Å². The molecule has 0 bridgehead atoms. The smallest absolute Gasteiger partial charge is 0.184 e. The van der Waals surface area contributed by atoms with Crippen molar-refractivity contribution in [2.24, 2.45) is 0 Å². The highest BCUT2D eigenvalue weighted by atomic mass is 35.5. The van der Waals surface area contributed by atoms with Gasteiger partial charge in [-0.1, -0.05) is 35.9 Å². The predicted octanol–water partition coefficient (Wildman–Crippen LogP) is 4.45. The zero-order valence-electron chi connectivity index (χ0n) is 11.4. The van der Waals surface area contributed by atoms with Crippen LogP contribution in [-0.4, -0.2) is 5.78 Å². The summed E-state index contributed by atoms with van der Waals surface area (Å²) in [5.41, 5.74) is 3.04. The summed E-state index contributed by atoms with van der Waals surface area (Å²) in [5.74, 6) is -0.966. The number of carbonyl (C=O) groups excluding carboxylic acids is 1. The lowest BCUT2D eigenvalue weighted by molar-refractivity contribution is 0.0978. The van der Waals surface area contributed by atoms with Gasteiger partial charge in [0.05, 0.1) is 6.07 Å². The number of nitrogens with zero attached hydrogens (tertiary/aromatic N) is 1. The molecule has 3 heteroatoms. The van der Waals surface area contributed by atoms with Crippen LogP contribution in [0.2, 0.25) is 5.02 Å². The van der Waals surface area contributed by atoms with Gasteiger partial charge in [-0.15, -0.1) is 0 Å². The van der Waals surface area contributed by atoms with Gasteiger partial charge >= 0.3 is 0 Å². The van der Waals surface area contributed by atoms with Crippen molar-refractivity contribution in [1.82, 2.24) is 0 Å². The van der Waals surface area contributed by atoms with Gasteiger partial charge in [-0.3, -0.25) is 4.79 Å². The fraction of sp³-hybridized carbons (Fsp3) is 0.176. The molecule has 0 fully saturated rings. The molecular formula is C17H14ClNO. The van der Waals surface area contributed by atoms with E-state index < -0.39 is 5.92 Å². The zero-order valence-corrected chi connectivity index (χ0v) is 12.1. The fourth-order valence-electron chi connectivity index (χ4n) is 2.24. The summed E-state index contributed by atoms with van der Waals surface area (Å²) in [4.78, 5) is 12.6. The summed E-state index contributed by atoms with van der Waals surface area (Å²) in [7, 11) is 0. The molecule has 1 atom stereocenters. The third-order valence-corrected chi connectivity index (χ3v) is 3.58. The molecule has 20 heavy (non-hydrogen) atoms. The van der Waals surface area contributed by atoms with Crippen LogP contribution in [0.15, 0.2) is 42.5 Å². The standard InChI is InChI=1S/C17H14ClNO/c1-11-5-3-4-6-14(11)16(10-19)17(20)15-8-7-13(18)9-12(15)2/h3-9,16H,1-2H3. The van der Waals surface area contributed by atoms with Crippen LogP contribution in [0.1, 0.15) is 33.0 Å². The minimum absolute atomic E-state index is 0.184. The minimum Gasteiger partial charge on any atom is -0.292 e. The van der Waals surface area contributed by atoms with Gasteiger partial charge in [0.2, 0.25) is 0 Å². The molecule has 0 saturated carbocycles. The zero-order chi connectivity index (χ0) is 14.7. The topological polar surface area (TPSA) is 40.9 Å². The molecule has 0 aliphatic carbocycles. The summed E-state index contributed by atoms with van der Waals surface area (Å²) in [6.45, 7) is 3.73. The van der Waals surface area contributed by atoms with Crippen LogP contribution in [0.3, 0.4) is 0 Å². The van der Waals surface area contributed by atoms with E-state index in [2.05, 4.69) is 6.07 Å². The second-order valence-electron chi connectivity index (χ2n) is 4.74. The number of aryl methyl sites for hydroxylation is 2. The Morgan fingerprint density at radius 2 is 1.85 bits per heavy atom. The second-order valence-corrected chi connectivity index (χ2v) is 5.18. The van der Waals surface area contributed by atoms with E-state index in [-0.39, 0.29) is 5.78 Å². The molecule has 2 aromatic carbocycles. The molecule has 0 aliphatic rings. The molecule has 0 amide bonds. The van der Waals surface area contributed by atoms with E-state index in [0.29, 0.717) is 10.6 Å². The lowest BCUT2D eigenvalue weighted by Gasteiger charge is -2.13. The second kappa shape index (κ2) is 5.90. The lowest BCUT2D eigenvalue weighted by Crippen LogP contribution is -2.13. The molecule has 2 nitrogen and oxygen atoms in total. The van der Waals surface area contributed by atoms with Gasteiger partial charge in [-0.25, -0.2) is 0 Å². The van der Waals surface area contributed by atoms with E-state index in [4.69, 9.17) is 11.6 Å². The Morgan fingerprint density at radius 3 is 2.45 bits per heavy atom. The Labute approximate surface area is 123 Å². The number of rotatable bonds is 3. The first-order valence-electron chi connectivity index (χ1n) is 6.30. The predicted molar refractivity (Wildman–Crippen MR) is 80.1 cm³/mol. The average molecular weight is 284 g/mol. The number of Topliss-reactive ketones (excluding diaryl/α,β-unsaturated/α-hetero) is 1. The maximum absolute atomic E-state index is 12.6. The summed E-state index contributed by atoms with van der Waals surface area (Å²) in [6, 6.07) is 14.7. The number of nitriles is 1. The first-order valence-corrected chi connectivity index (χ1v) is 6.68. The number of halogens is 1. The van der Waals surface area contributed by atoms with Crippen molar-refractivity contribution in [2.45, 2.75) is 19.8 Å². The van der Waals surface area contributed by atoms with Gasteiger partial charge in [0.1, 0.15) is 5.92 Å². The lowest BCUT2D eigenvalue weighted by atomic mass is 9.88. The van der Waals surface area contributed by atoms with Crippen LogP contribution in [0.4, 0.5) is 0 Å². The fourth-order valence-corrected chi connectivity index (χ4v) is 2.47. The van der Waals surface area contributed by atoms with Gasteiger partial charge in [-0.05, 0) is 48.7 Å². The Morgan fingerprint density at radius 1 is 1.15 bits per heavy atom. The van der Waals surface area contributed by atoms with Crippen LogP contribution < -0.4 is 0 Å². The van der Waals surface area contributed by atoms with Crippen LogP contribution in [0.5, 0.6) is 0 Å². The molecule has 2 aromatic rings. The summed E-state index contributed by atoms with van der Waals surface area (Å²) >= 11 is 5.90. The van der Waals surface area contributed by atoms with Gasteiger partial charge < -0.3 is 0 Å². The number of benzene rings is 2. The van der Waals surface area contributed by atoms with Crippen molar-refractivity contribution in [2.75, 3.05) is 0 Å². The highest BCUT2D eigenvalue weighted by Crippen LogP contribution is 2.26. The maximum atomic E-state index is 12.6. The Hall–Kier alpha value is -2.11. The summed E-state index contributed by atoms with van der Waals surface area (Å²) in [5, 5.41) is 9.97. The van der Waals surface area contributed by atoms with E-state index in [9.17, 15) is 10.1 Å². The monoisotopic (exact) mass is 283 g/mol. The molecule has 0 N–H and O–H groups in total. The Balaban J connectivity index is 2.45. The van der Waals surface area contributed by atoms with Crippen LogP contribution in [-0.2, 0) is 0 Å². The maximum Gasteiger partial charge on any atom is 0.184 e. The number of hydrogen-bond donors (Lipinski definition) is 0. The number of ketones is 1. The van der Waals surface area contributed by atoms with Crippen molar-refractivity contribution in [3.8, 4) is 6.07 Å². The SMILES string of the molecule is Cc1cc(Cl)ccc1C(=O)C(C#N)c1ccccc1C. The normalized spacial score (nSPS) is 11.7. The first-order chi connectivity index (χ1) is 9.54. The van der Waals surface area contributed by atoms with Crippen LogP contribution >= 0.6 is 11.6 Å². The van der Waals surface area contributed by atoms with Crippen molar-refractivity contribution in [3.05, 3.63) is 69.7 Å². The summed E-state index contributed by atoms with van der Waals surface area (Å²) in [6.07, 6.45) is 0. The van der Waals surface area contributed by atoms with Gasteiger partial charge in [-0.2, -0.15) is 5.26 Å². The quantitative estimate of drug-likeness (QED) is 0.781. The third kappa shape index (κ3) is 2.74. The molecule has 0 spiro atoms. The van der Waals surface area contributed by atoms with E-state index in [0.717, 1.165) is 16.7 Å². The molecular weight excluding hydrogens is 270 g/mol. The molecule has 0 radical (unpaired) electrons. The molecule has 1 unspecified atom stereocenters. The van der Waals surface area contributed by atoms with Crippen LogP contribution in [0, 0.1) is 25.2 Å². The number of hydrogen-bond acceptors (Lipinski definition) is 2. The minimum atomic E-state index is -0.781. The van der Waals surface area contributed by atoms with E-state index >= 15 is 0 Å². The van der Waals surface area contributed by atoms with Crippen molar-refractivity contribution >= 4 is 17.4 Å². The molecule has 0 heterocycles. The van der Waals surface area contributed by atoms with Gasteiger partial charge in [0.25, 0.3) is 0 Å². The molecule has 100 valence electrons. The third-order valence-electron chi connectivity index (χ3n) is 3.34. The average Bonchev–Trinajstić information content (AvgIpc) is 2.41. The highest BCUT2D eigenvalue weighted by Gasteiger charge is 2.24. The van der Waals surface area contributed by atoms with Crippen molar-refractivity contribution in [1.29, 1.82) is 5.26 Å². The Bertz CT molecular complexity index is 700. The van der Waals surface area contributed by atoms with Gasteiger partial charge in [0, 0.05) is 10.6 Å². The van der Waals surface area contributed by atoms with Crippen molar-refractivity contribution in [3.63, 3.8) is 0 Å². The molecule has 0 aromatic heterocycles.